The van der Waals surface area contributed by atoms with Gasteiger partial charge in [-0.2, -0.15) is 36.4 Å². The second-order valence-corrected chi connectivity index (χ2v) is 1.53. The summed E-state index contributed by atoms with van der Waals surface area (Å²) < 4.78 is 0. The summed E-state index contributed by atoms with van der Waals surface area (Å²) in [5.74, 6) is 0. The van der Waals surface area contributed by atoms with Crippen LogP contribution in [0.5, 0.6) is 0 Å². The Hall–Kier alpha value is -0.344. The van der Waals surface area contributed by atoms with Crippen molar-refractivity contribution >= 4 is 29.3 Å². The minimum Gasteiger partial charge on any atom is -0.337 e. The van der Waals surface area contributed by atoms with Crippen LogP contribution >= 0.6 is 0 Å². The molecule has 0 saturated heterocycles. The molecule has 1 aromatic rings. The summed E-state index contributed by atoms with van der Waals surface area (Å²) in [6, 6.07) is 12.5. The third-order valence-electron chi connectivity index (χ3n) is 0.725. The van der Waals surface area contributed by atoms with Crippen molar-refractivity contribution in [1.29, 1.82) is 0 Å². The van der Waals surface area contributed by atoms with E-state index < -0.39 is 0 Å². The average Bonchev–Trinajstić information content (AvgIpc) is 2.08. The predicted octanol–water partition coefficient (Wildman–Crippen LogP) is 1.52. The van der Waals surface area contributed by atoms with Crippen LogP contribution in [-0.2, 0) is 4.79 Å². The fraction of sp³-hybridized carbons (Fsp3) is 0.111. The smallest absolute Gasteiger partial charge is 0.337 e. The minimum absolute atomic E-state index is 0. The SMILES string of the molecule is [CH2-]CC=O.[Mg+2].[c-]1ccccc1. The molecule has 0 radical (unpaired) electrons. The van der Waals surface area contributed by atoms with Crippen LogP contribution < -0.4 is 0 Å². The van der Waals surface area contributed by atoms with Gasteiger partial charge in [-0.15, -0.1) is 6.42 Å². The van der Waals surface area contributed by atoms with Crippen molar-refractivity contribution in [2.24, 2.45) is 0 Å². The van der Waals surface area contributed by atoms with E-state index in [1.165, 1.54) is 0 Å². The fourth-order valence-electron chi connectivity index (χ4n) is 0.342. The molecule has 1 nitrogen and oxygen atoms in total. The van der Waals surface area contributed by atoms with Crippen LogP contribution in [0.15, 0.2) is 30.3 Å². The summed E-state index contributed by atoms with van der Waals surface area (Å²) in [7, 11) is 0. The third-order valence-corrected chi connectivity index (χ3v) is 0.725. The molecule has 0 aliphatic rings. The van der Waals surface area contributed by atoms with E-state index in [1.54, 1.807) is 0 Å². The summed E-state index contributed by atoms with van der Waals surface area (Å²) >= 11 is 0. The molecule has 0 aromatic heterocycles. The molecule has 0 N–H and O–H groups in total. The largest absolute Gasteiger partial charge is 2.00 e. The molecule has 0 unspecified atom stereocenters. The van der Waals surface area contributed by atoms with Gasteiger partial charge in [-0.25, -0.2) is 0 Å². The molecule has 0 fully saturated rings. The second-order valence-electron chi connectivity index (χ2n) is 1.53. The monoisotopic (exact) mass is 158 g/mol. The zero-order valence-corrected chi connectivity index (χ0v) is 7.91. The van der Waals surface area contributed by atoms with Crippen molar-refractivity contribution in [1.82, 2.24) is 0 Å². The van der Waals surface area contributed by atoms with Crippen LogP contribution in [0.3, 0.4) is 0 Å². The number of carbonyl (C=O) groups excluding carboxylic acids is 1. The maximum atomic E-state index is 9.11. The molecule has 0 aliphatic heterocycles. The molecule has 11 heavy (non-hydrogen) atoms. The van der Waals surface area contributed by atoms with E-state index in [1.807, 2.05) is 30.3 Å². The van der Waals surface area contributed by atoms with Gasteiger partial charge in [0, 0.05) is 0 Å². The van der Waals surface area contributed by atoms with Gasteiger partial charge in [0.1, 0.15) is 0 Å². The Bertz CT molecular complexity index is 124. The van der Waals surface area contributed by atoms with Crippen molar-refractivity contribution < 1.29 is 4.79 Å². The first-order valence-corrected chi connectivity index (χ1v) is 3.05. The van der Waals surface area contributed by atoms with Gasteiger partial charge in [0.2, 0.25) is 0 Å². The topological polar surface area (TPSA) is 17.1 Å². The standard InChI is InChI=1S/C6H5.C3H5O.Mg/c1-2-4-6-5-3-1;1-2-3-4;/h1-5H;3H,1-2H2;/q2*-1;+2. The fourth-order valence-corrected chi connectivity index (χ4v) is 0.342. The van der Waals surface area contributed by atoms with Crippen LogP contribution in [-0.4, -0.2) is 29.3 Å². The Labute approximate surface area is 84.0 Å². The van der Waals surface area contributed by atoms with Crippen molar-refractivity contribution in [2.75, 3.05) is 0 Å². The van der Waals surface area contributed by atoms with E-state index in [2.05, 4.69) is 13.0 Å². The molecule has 0 aliphatic carbocycles. The first-order valence-electron chi connectivity index (χ1n) is 3.05. The number of aldehydes is 1. The van der Waals surface area contributed by atoms with Crippen molar-refractivity contribution in [3.8, 4) is 0 Å². The molecule has 54 valence electrons. The summed E-state index contributed by atoms with van der Waals surface area (Å²) in [4.78, 5) is 9.11. The summed E-state index contributed by atoms with van der Waals surface area (Å²) in [6.45, 7) is 3.24. The van der Waals surface area contributed by atoms with Crippen molar-refractivity contribution in [3.05, 3.63) is 43.3 Å². The van der Waals surface area contributed by atoms with Gasteiger partial charge >= 0.3 is 23.1 Å². The Balaban J connectivity index is 0. The van der Waals surface area contributed by atoms with E-state index in [4.69, 9.17) is 4.79 Å². The molecular weight excluding hydrogens is 148 g/mol. The summed E-state index contributed by atoms with van der Waals surface area (Å²) in [5.41, 5.74) is 0. The maximum absolute atomic E-state index is 9.11. The molecule has 0 bridgehead atoms. The molecule has 0 heterocycles. The van der Waals surface area contributed by atoms with Gasteiger partial charge in [0.05, 0.1) is 6.29 Å². The zero-order chi connectivity index (χ0) is 7.66. The van der Waals surface area contributed by atoms with Gasteiger partial charge in [0.15, 0.2) is 0 Å². The van der Waals surface area contributed by atoms with Crippen LogP contribution in [0.2, 0.25) is 0 Å². The number of hydrogen-bond acceptors (Lipinski definition) is 1. The minimum atomic E-state index is 0. The van der Waals surface area contributed by atoms with Gasteiger partial charge in [-0.05, 0) is 0 Å². The van der Waals surface area contributed by atoms with Crippen LogP contribution in [0, 0.1) is 13.0 Å². The molecule has 0 atom stereocenters. The molecule has 1 aromatic carbocycles. The van der Waals surface area contributed by atoms with Crippen molar-refractivity contribution in [3.63, 3.8) is 0 Å². The summed E-state index contributed by atoms with van der Waals surface area (Å²) in [5, 5.41) is 0. The molecular formula is C9H10MgO. The van der Waals surface area contributed by atoms with E-state index in [0.29, 0.717) is 6.42 Å². The first-order chi connectivity index (χ1) is 4.91. The van der Waals surface area contributed by atoms with E-state index >= 15 is 0 Å². The molecule has 0 saturated carbocycles. The number of carbonyl (C=O) groups is 1. The zero-order valence-electron chi connectivity index (χ0n) is 6.49. The summed E-state index contributed by atoms with van der Waals surface area (Å²) in [6.07, 6.45) is 1.15. The van der Waals surface area contributed by atoms with Gasteiger partial charge in [-0.1, -0.05) is 0 Å². The first kappa shape index (κ1) is 13.3. The molecule has 1 rings (SSSR count). The average molecular weight is 158 g/mol. The van der Waals surface area contributed by atoms with E-state index in [-0.39, 0.29) is 23.1 Å². The molecule has 0 amide bonds. The predicted molar refractivity (Wildman–Crippen MR) is 47.1 cm³/mol. The number of benzene rings is 1. The Morgan fingerprint density at radius 3 is 1.82 bits per heavy atom. The number of rotatable bonds is 1. The van der Waals surface area contributed by atoms with Crippen molar-refractivity contribution in [2.45, 2.75) is 6.42 Å². The van der Waals surface area contributed by atoms with Gasteiger partial charge in [0.25, 0.3) is 0 Å². The maximum Gasteiger partial charge on any atom is 2.00 e. The number of hydrogen-bond donors (Lipinski definition) is 0. The Kier molecular flexibility index (Phi) is 14.9. The second kappa shape index (κ2) is 12.3. The van der Waals surface area contributed by atoms with E-state index in [9.17, 15) is 0 Å². The van der Waals surface area contributed by atoms with Crippen LogP contribution in [0.4, 0.5) is 0 Å². The van der Waals surface area contributed by atoms with Gasteiger partial charge in [-0.3, -0.25) is 0 Å². The van der Waals surface area contributed by atoms with E-state index in [0.717, 1.165) is 6.29 Å². The van der Waals surface area contributed by atoms with Crippen LogP contribution in [0.25, 0.3) is 0 Å². The normalized spacial score (nSPS) is 6.64. The van der Waals surface area contributed by atoms with Gasteiger partial charge < -0.3 is 11.7 Å². The Morgan fingerprint density at radius 2 is 1.73 bits per heavy atom. The Morgan fingerprint density at radius 1 is 1.27 bits per heavy atom. The molecule has 0 spiro atoms. The quantitative estimate of drug-likeness (QED) is 0.344. The molecule has 2 heteroatoms. The third kappa shape index (κ3) is 12.8. The van der Waals surface area contributed by atoms with Crippen LogP contribution in [0.1, 0.15) is 6.42 Å².